The van der Waals surface area contributed by atoms with Crippen LogP contribution in [0.2, 0.25) is 0 Å². The van der Waals surface area contributed by atoms with Crippen LogP contribution in [0.1, 0.15) is 32.8 Å². The third-order valence-electron chi connectivity index (χ3n) is 4.47. The summed E-state index contributed by atoms with van der Waals surface area (Å²) in [7, 11) is 1.27. The monoisotopic (exact) mass is 426 g/mol. The van der Waals surface area contributed by atoms with Crippen LogP contribution in [0.4, 0.5) is 4.79 Å². The van der Waals surface area contributed by atoms with Gasteiger partial charge in [-0.2, -0.15) is 0 Å². The van der Waals surface area contributed by atoms with Crippen molar-refractivity contribution >= 4 is 28.7 Å². The number of methoxy groups -OCH3 is 1. The van der Waals surface area contributed by atoms with Crippen molar-refractivity contribution in [1.29, 1.82) is 0 Å². The van der Waals surface area contributed by atoms with Crippen molar-refractivity contribution in [2.24, 2.45) is 0 Å². The molecule has 0 saturated heterocycles. The minimum absolute atomic E-state index is 0.176. The van der Waals surface area contributed by atoms with E-state index in [0.29, 0.717) is 0 Å². The average Bonchev–Trinajstić information content (AvgIpc) is 2.70. The number of alkyl carbamates (subject to hydrolysis) is 1. The van der Waals surface area contributed by atoms with Crippen molar-refractivity contribution in [3.8, 4) is 0 Å². The first-order chi connectivity index (χ1) is 14.6. The van der Waals surface area contributed by atoms with E-state index in [1.54, 1.807) is 20.8 Å². The maximum Gasteiger partial charge on any atom is 0.408 e. The Morgan fingerprint density at radius 1 is 1.03 bits per heavy atom. The first-order valence-electron chi connectivity index (χ1n) is 10.1. The molecule has 2 N–H and O–H groups in total. The minimum atomic E-state index is -0.934. The number of benzene rings is 2. The zero-order valence-corrected chi connectivity index (χ0v) is 18.4. The lowest BCUT2D eigenvalue weighted by Crippen LogP contribution is -2.53. The number of carbonyl (C=O) groups is 3. The molecular formula is C24H30N2O5. The van der Waals surface area contributed by atoms with Gasteiger partial charge in [-0.05, 0) is 43.5 Å². The molecule has 166 valence electrons. The van der Waals surface area contributed by atoms with Crippen molar-refractivity contribution in [1.82, 2.24) is 10.6 Å². The van der Waals surface area contributed by atoms with Gasteiger partial charge in [-0.15, -0.1) is 6.58 Å². The van der Waals surface area contributed by atoms with E-state index in [2.05, 4.69) is 17.2 Å². The average molecular weight is 427 g/mol. The van der Waals surface area contributed by atoms with Gasteiger partial charge in [-0.25, -0.2) is 9.59 Å². The van der Waals surface area contributed by atoms with Crippen LogP contribution in [0.15, 0.2) is 55.1 Å². The Bertz CT molecular complexity index is 948. The molecule has 2 rings (SSSR count). The van der Waals surface area contributed by atoms with Gasteiger partial charge in [-0.1, -0.05) is 48.5 Å². The van der Waals surface area contributed by atoms with E-state index in [0.717, 1.165) is 16.3 Å². The zero-order chi connectivity index (χ0) is 23.0. The highest BCUT2D eigenvalue weighted by Crippen LogP contribution is 2.17. The number of carbonyl (C=O) groups excluding carboxylic acids is 3. The Balaban J connectivity index is 2.14. The third kappa shape index (κ3) is 7.44. The lowest BCUT2D eigenvalue weighted by Gasteiger charge is -2.24. The van der Waals surface area contributed by atoms with Gasteiger partial charge in [0, 0.05) is 6.42 Å². The van der Waals surface area contributed by atoms with Crippen LogP contribution in [0.5, 0.6) is 0 Å². The van der Waals surface area contributed by atoms with E-state index in [1.165, 1.54) is 13.2 Å². The SMILES string of the molecule is C=CC[C@H](NC(=O)OC(C)(C)C)C(=O)N[C@@H](Cc1ccc2ccccc2c1)C(=O)OC. The van der Waals surface area contributed by atoms with Crippen LogP contribution in [-0.2, 0) is 25.5 Å². The summed E-state index contributed by atoms with van der Waals surface area (Å²) >= 11 is 0. The number of hydrogen-bond acceptors (Lipinski definition) is 5. The molecule has 2 aromatic carbocycles. The second kappa shape index (κ2) is 10.6. The van der Waals surface area contributed by atoms with Gasteiger partial charge in [0.1, 0.15) is 17.7 Å². The van der Waals surface area contributed by atoms with E-state index in [4.69, 9.17) is 9.47 Å². The number of hydrogen-bond donors (Lipinski definition) is 2. The van der Waals surface area contributed by atoms with Crippen molar-refractivity contribution < 1.29 is 23.9 Å². The van der Waals surface area contributed by atoms with Gasteiger partial charge < -0.3 is 20.1 Å². The molecule has 31 heavy (non-hydrogen) atoms. The Hall–Kier alpha value is -3.35. The van der Waals surface area contributed by atoms with E-state index in [9.17, 15) is 14.4 Å². The van der Waals surface area contributed by atoms with Crippen LogP contribution in [0, 0.1) is 0 Å². The van der Waals surface area contributed by atoms with Gasteiger partial charge in [0.15, 0.2) is 0 Å². The van der Waals surface area contributed by atoms with E-state index in [1.807, 2.05) is 42.5 Å². The van der Waals surface area contributed by atoms with Gasteiger partial charge in [-0.3, -0.25) is 4.79 Å². The van der Waals surface area contributed by atoms with Crippen molar-refractivity contribution in [3.63, 3.8) is 0 Å². The Labute approximate surface area is 182 Å². The van der Waals surface area contributed by atoms with Crippen molar-refractivity contribution in [2.45, 2.75) is 51.3 Å². The molecule has 7 nitrogen and oxygen atoms in total. The molecule has 0 heterocycles. The summed E-state index contributed by atoms with van der Waals surface area (Å²) in [5.41, 5.74) is 0.166. The largest absolute Gasteiger partial charge is 0.467 e. The quantitative estimate of drug-likeness (QED) is 0.498. The minimum Gasteiger partial charge on any atom is -0.467 e. The highest BCUT2D eigenvalue weighted by molar-refractivity contribution is 5.90. The number of rotatable bonds is 8. The third-order valence-corrected chi connectivity index (χ3v) is 4.47. The lowest BCUT2D eigenvalue weighted by atomic mass is 10.0. The van der Waals surface area contributed by atoms with Crippen LogP contribution < -0.4 is 10.6 Å². The molecule has 2 aromatic rings. The molecule has 0 aliphatic carbocycles. The van der Waals surface area contributed by atoms with Crippen LogP contribution in [-0.4, -0.2) is 42.8 Å². The molecular weight excluding hydrogens is 396 g/mol. The molecule has 0 spiro atoms. The van der Waals surface area contributed by atoms with Gasteiger partial charge in [0.25, 0.3) is 0 Å². The van der Waals surface area contributed by atoms with Crippen LogP contribution >= 0.6 is 0 Å². The van der Waals surface area contributed by atoms with Crippen molar-refractivity contribution in [2.75, 3.05) is 7.11 Å². The smallest absolute Gasteiger partial charge is 0.408 e. The molecule has 0 unspecified atom stereocenters. The molecule has 0 aromatic heterocycles. The number of fused-ring (bicyclic) bond motifs is 1. The predicted molar refractivity (Wildman–Crippen MR) is 120 cm³/mol. The topological polar surface area (TPSA) is 93.7 Å². The fraction of sp³-hybridized carbons (Fsp3) is 0.375. The van der Waals surface area contributed by atoms with Gasteiger partial charge in [0.2, 0.25) is 5.91 Å². The molecule has 0 bridgehead atoms. The van der Waals surface area contributed by atoms with Gasteiger partial charge in [0.05, 0.1) is 7.11 Å². The maximum absolute atomic E-state index is 12.8. The molecule has 0 fully saturated rings. The maximum atomic E-state index is 12.8. The summed E-state index contributed by atoms with van der Waals surface area (Å²) in [6.07, 6.45) is 1.21. The Morgan fingerprint density at radius 3 is 2.32 bits per heavy atom. The molecule has 0 radical (unpaired) electrons. The number of esters is 1. The van der Waals surface area contributed by atoms with E-state index >= 15 is 0 Å². The first kappa shape index (κ1) is 23.9. The predicted octanol–water partition coefficient (Wildman–Crippen LogP) is 3.51. The summed E-state index contributed by atoms with van der Waals surface area (Å²) in [4.78, 5) is 37.3. The molecule has 0 saturated carbocycles. The summed E-state index contributed by atoms with van der Waals surface area (Å²) in [6.45, 7) is 8.81. The van der Waals surface area contributed by atoms with E-state index < -0.39 is 35.7 Å². The summed E-state index contributed by atoms with van der Waals surface area (Å²) < 4.78 is 10.1. The Kier molecular flexibility index (Phi) is 8.19. The van der Waals surface area contributed by atoms with Gasteiger partial charge >= 0.3 is 12.1 Å². The Morgan fingerprint density at radius 2 is 1.71 bits per heavy atom. The molecule has 2 atom stereocenters. The standard InChI is InChI=1S/C24H30N2O5/c1-6-9-19(26-23(29)31-24(2,3)4)21(27)25-20(22(28)30-5)15-16-12-13-17-10-7-8-11-18(17)14-16/h6-8,10-14,19-20H,1,9,15H2,2-5H3,(H,25,27)(H,26,29)/t19-,20-/m0/s1. The number of nitrogens with one attached hydrogen (secondary N) is 2. The summed E-state index contributed by atoms with van der Waals surface area (Å²) in [6, 6.07) is 11.9. The number of amides is 2. The highest BCUT2D eigenvalue weighted by atomic mass is 16.6. The van der Waals surface area contributed by atoms with Crippen molar-refractivity contribution in [3.05, 3.63) is 60.7 Å². The molecule has 0 aliphatic rings. The molecule has 2 amide bonds. The summed E-state index contributed by atoms with van der Waals surface area (Å²) in [5.74, 6) is -1.10. The second-order valence-electron chi connectivity index (χ2n) is 8.19. The van der Waals surface area contributed by atoms with Crippen LogP contribution in [0.25, 0.3) is 10.8 Å². The molecule has 0 aliphatic heterocycles. The fourth-order valence-electron chi connectivity index (χ4n) is 3.06. The highest BCUT2D eigenvalue weighted by Gasteiger charge is 2.28. The lowest BCUT2D eigenvalue weighted by molar-refractivity contribution is -0.145. The second-order valence-corrected chi connectivity index (χ2v) is 8.19. The first-order valence-corrected chi connectivity index (χ1v) is 10.1. The zero-order valence-electron chi connectivity index (χ0n) is 18.4. The summed E-state index contributed by atoms with van der Waals surface area (Å²) in [5, 5.41) is 7.33. The number of ether oxygens (including phenoxy) is 2. The van der Waals surface area contributed by atoms with E-state index in [-0.39, 0.29) is 12.8 Å². The van der Waals surface area contributed by atoms with Crippen LogP contribution in [0.3, 0.4) is 0 Å². The fourth-order valence-corrected chi connectivity index (χ4v) is 3.06. The molecule has 7 heteroatoms. The normalized spacial score (nSPS) is 13.0.